The number of aliphatic imine (C=N–C) groups is 1. The molecule has 128 valence electrons. The molecule has 0 aliphatic carbocycles. The number of para-hydroxylation sites is 1. The first-order valence-corrected chi connectivity index (χ1v) is 8.92. The summed E-state index contributed by atoms with van der Waals surface area (Å²) in [6.07, 6.45) is 0.140. The number of carbonyl (C=O) groups is 2. The van der Waals surface area contributed by atoms with E-state index in [0.29, 0.717) is 15.9 Å². The second-order valence-electron chi connectivity index (χ2n) is 5.37. The maximum absolute atomic E-state index is 12.7. The number of amides is 2. The van der Waals surface area contributed by atoms with E-state index in [4.69, 9.17) is 11.6 Å². The Bertz CT molecular complexity index is 809. The summed E-state index contributed by atoms with van der Waals surface area (Å²) in [6.45, 7) is 0. The Morgan fingerprint density at radius 1 is 1.16 bits per heavy atom. The summed E-state index contributed by atoms with van der Waals surface area (Å²) in [5.41, 5.74) is 1.41. The molecule has 1 saturated heterocycles. The summed E-state index contributed by atoms with van der Waals surface area (Å²) in [5.74, 6) is -0.465. The lowest BCUT2D eigenvalue weighted by molar-refractivity contribution is -0.121. The van der Waals surface area contributed by atoms with Gasteiger partial charge in [-0.1, -0.05) is 41.6 Å². The minimum atomic E-state index is -0.502. The fourth-order valence-electron chi connectivity index (χ4n) is 2.48. The van der Waals surface area contributed by atoms with Crippen molar-refractivity contribution < 1.29 is 9.59 Å². The zero-order chi connectivity index (χ0) is 17.8. The zero-order valence-corrected chi connectivity index (χ0v) is 15.1. The highest BCUT2D eigenvalue weighted by Gasteiger charge is 2.40. The van der Waals surface area contributed by atoms with Crippen LogP contribution in [0.5, 0.6) is 0 Å². The standard InChI is InChI=1S/C18H16ClN3O2S/c1-20-18(21-13-5-3-2-4-6-13)25-15-11-16(23)22(17(15)24)14-9-7-12(19)8-10-14/h2-10,15H,11H2,1H3,(H,20,21). The summed E-state index contributed by atoms with van der Waals surface area (Å²) >= 11 is 7.13. The van der Waals surface area contributed by atoms with Crippen molar-refractivity contribution in [1.29, 1.82) is 0 Å². The van der Waals surface area contributed by atoms with Crippen molar-refractivity contribution in [3.05, 3.63) is 59.6 Å². The smallest absolute Gasteiger partial charge is 0.247 e. The molecular weight excluding hydrogens is 358 g/mol. The van der Waals surface area contributed by atoms with E-state index in [1.54, 1.807) is 31.3 Å². The van der Waals surface area contributed by atoms with Gasteiger partial charge in [-0.15, -0.1) is 0 Å². The molecule has 1 heterocycles. The van der Waals surface area contributed by atoms with Gasteiger partial charge in [0.2, 0.25) is 11.8 Å². The van der Waals surface area contributed by atoms with Crippen LogP contribution in [0.1, 0.15) is 6.42 Å². The van der Waals surface area contributed by atoms with Gasteiger partial charge in [0.1, 0.15) is 5.25 Å². The van der Waals surface area contributed by atoms with Crippen LogP contribution in [0, 0.1) is 0 Å². The molecule has 0 radical (unpaired) electrons. The molecule has 1 N–H and O–H groups in total. The second kappa shape index (κ2) is 7.72. The van der Waals surface area contributed by atoms with Crippen LogP contribution >= 0.6 is 23.4 Å². The molecule has 2 amide bonds. The van der Waals surface area contributed by atoms with E-state index in [1.807, 2.05) is 30.3 Å². The third-order valence-electron chi connectivity index (χ3n) is 3.67. The molecule has 3 rings (SSSR count). The Kier molecular flexibility index (Phi) is 5.40. The third kappa shape index (κ3) is 4.03. The van der Waals surface area contributed by atoms with E-state index < -0.39 is 5.25 Å². The van der Waals surface area contributed by atoms with Crippen LogP contribution in [0.15, 0.2) is 59.6 Å². The van der Waals surface area contributed by atoms with Gasteiger partial charge < -0.3 is 5.32 Å². The Balaban J connectivity index is 1.72. The molecule has 2 aromatic rings. The molecule has 7 heteroatoms. The van der Waals surface area contributed by atoms with Crippen molar-refractivity contribution in [2.75, 3.05) is 17.3 Å². The molecule has 1 aliphatic heterocycles. The maximum atomic E-state index is 12.7. The number of hydrogen-bond acceptors (Lipinski definition) is 4. The molecule has 1 atom stereocenters. The average Bonchev–Trinajstić information content (AvgIpc) is 2.90. The number of hydrogen-bond donors (Lipinski definition) is 1. The van der Waals surface area contributed by atoms with Gasteiger partial charge in [-0.2, -0.15) is 0 Å². The number of rotatable bonds is 3. The summed E-state index contributed by atoms with van der Waals surface area (Å²) in [6, 6.07) is 16.2. The van der Waals surface area contributed by atoms with Gasteiger partial charge in [0, 0.05) is 24.2 Å². The van der Waals surface area contributed by atoms with Crippen molar-refractivity contribution >= 4 is 51.7 Å². The Hall–Kier alpha value is -2.31. The number of thioether (sulfide) groups is 1. The number of halogens is 1. The van der Waals surface area contributed by atoms with E-state index in [9.17, 15) is 9.59 Å². The van der Waals surface area contributed by atoms with E-state index in [2.05, 4.69) is 10.3 Å². The minimum Gasteiger partial charge on any atom is -0.335 e. The molecular formula is C18H16ClN3O2S. The molecule has 0 aromatic heterocycles. The van der Waals surface area contributed by atoms with Crippen LogP contribution in [0.4, 0.5) is 11.4 Å². The van der Waals surface area contributed by atoms with E-state index >= 15 is 0 Å². The highest BCUT2D eigenvalue weighted by Crippen LogP contribution is 2.31. The predicted octanol–water partition coefficient (Wildman–Crippen LogP) is 3.80. The molecule has 1 unspecified atom stereocenters. The van der Waals surface area contributed by atoms with Crippen LogP contribution in [0.2, 0.25) is 5.02 Å². The van der Waals surface area contributed by atoms with Gasteiger partial charge >= 0.3 is 0 Å². The largest absolute Gasteiger partial charge is 0.335 e. The normalized spacial score (nSPS) is 17.9. The quantitative estimate of drug-likeness (QED) is 0.505. The van der Waals surface area contributed by atoms with Crippen molar-refractivity contribution in [2.45, 2.75) is 11.7 Å². The topological polar surface area (TPSA) is 61.8 Å². The van der Waals surface area contributed by atoms with Crippen molar-refractivity contribution in [3.8, 4) is 0 Å². The zero-order valence-electron chi connectivity index (χ0n) is 13.5. The first kappa shape index (κ1) is 17.5. The lowest BCUT2D eigenvalue weighted by Crippen LogP contribution is -2.31. The number of carbonyl (C=O) groups excluding carboxylic acids is 2. The van der Waals surface area contributed by atoms with Gasteiger partial charge in [-0.25, -0.2) is 4.90 Å². The fraction of sp³-hybridized carbons (Fsp3) is 0.167. The Morgan fingerprint density at radius 3 is 2.48 bits per heavy atom. The highest BCUT2D eigenvalue weighted by molar-refractivity contribution is 8.15. The van der Waals surface area contributed by atoms with Gasteiger partial charge in [0.25, 0.3) is 0 Å². The van der Waals surface area contributed by atoms with Crippen LogP contribution < -0.4 is 10.2 Å². The lowest BCUT2D eigenvalue weighted by atomic mass is 10.3. The molecule has 2 aromatic carbocycles. The van der Waals surface area contributed by atoms with Crippen LogP contribution in [-0.2, 0) is 9.59 Å². The summed E-state index contributed by atoms with van der Waals surface area (Å²) in [4.78, 5) is 30.4. The van der Waals surface area contributed by atoms with Crippen molar-refractivity contribution in [3.63, 3.8) is 0 Å². The first-order valence-electron chi connectivity index (χ1n) is 7.66. The summed E-state index contributed by atoms with van der Waals surface area (Å²) in [7, 11) is 1.65. The molecule has 0 spiro atoms. The number of benzene rings is 2. The van der Waals surface area contributed by atoms with Gasteiger partial charge in [-0.05, 0) is 36.4 Å². The SMILES string of the molecule is CN=C(Nc1ccccc1)SC1CC(=O)N(c2ccc(Cl)cc2)C1=O. The van der Waals surface area contributed by atoms with Crippen LogP contribution in [0.25, 0.3) is 0 Å². The van der Waals surface area contributed by atoms with E-state index in [-0.39, 0.29) is 18.2 Å². The minimum absolute atomic E-state index is 0.140. The van der Waals surface area contributed by atoms with Crippen molar-refractivity contribution in [2.24, 2.45) is 4.99 Å². The Labute approximate surface area is 155 Å². The monoisotopic (exact) mass is 373 g/mol. The molecule has 0 saturated carbocycles. The Morgan fingerprint density at radius 2 is 1.84 bits per heavy atom. The highest BCUT2D eigenvalue weighted by atomic mass is 35.5. The molecule has 0 bridgehead atoms. The van der Waals surface area contributed by atoms with Crippen LogP contribution in [-0.4, -0.2) is 29.3 Å². The molecule has 1 fully saturated rings. The lowest BCUT2D eigenvalue weighted by Gasteiger charge is -2.15. The first-order chi connectivity index (χ1) is 12.1. The van der Waals surface area contributed by atoms with E-state index in [1.165, 1.54) is 16.7 Å². The summed E-state index contributed by atoms with van der Waals surface area (Å²) < 4.78 is 0. The maximum Gasteiger partial charge on any atom is 0.247 e. The number of nitrogens with one attached hydrogen (secondary N) is 1. The number of anilines is 2. The molecule has 25 heavy (non-hydrogen) atoms. The third-order valence-corrected chi connectivity index (χ3v) is 5.08. The molecule has 1 aliphatic rings. The second-order valence-corrected chi connectivity index (χ2v) is 7.00. The van der Waals surface area contributed by atoms with E-state index in [0.717, 1.165) is 5.69 Å². The van der Waals surface area contributed by atoms with Gasteiger partial charge in [0.05, 0.1) is 5.69 Å². The summed E-state index contributed by atoms with van der Waals surface area (Å²) in [5, 5.41) is 3.81. The predicted molar refractivity (Wildman–Crippen MR) is 103 cm³/mol. The van der Waals surface area contributed by atoms with Gasteiger partial charge in [0.15, 0.2) is 5.17 Å². The fourth-order valence-corrected chi connectivity index (χ4v) is 3.59. The average molecular weight is 374 g/mol. The van der Waals surface area contributed by atoms with Crippen LogP contribution in [0.3, 0.4) is 0 Å². The number of nitrogens with zero attached hydrogens (tertiary/aromatic N) is 2. The molecule has 5 nitrogen and oxygen atoms in total. The number of amidine groups is 1. The van der Waals surface area contributed by atoms with Gasteiger partial charge in [-0.3, -0.25) is 14.6 Å². The van der Waals surface area contributed by atoms with Crippen molar-refractivity contribution in [1.82, 2.24) is 0 Å². The number of imide groups is 1.